The Kier molecular flexibility index (Phi) is 1.76. The second-order valence-corrected chi connectivity index (χ2v) is 4.06. The molecule has 0 saturated heterocycles. The molecular formula is C12H14N2O. The molecular weight excluding hydrogens is 188 g/mol. The first-order valence-corrected chi connectivity index (χ1v) is 5.23. The Bertz CT molecular complexity index is 516. The highest BCUT2D eigenvalue weighted by atomic mass is 16.5. The van der Waals surface area contributed by atoms with E-state index in [0.29, 0.717) is 0 Å². The van der Waals surface area contributed by atoms with Crippen molar-refractivity contribution < 1.29 is 4.74 Å². The van der Waals surface area contributed by atoms with Crippen molar-refractivity contribution in [1.29, 1.82) is 0 Å². The number of nitrogens with one attached hydrogen (secondary N) is 1. The summed E-state index contributed by atoms with van der Waals surface area (Å²) in [5, 5.41) is 1.27. The van der Waals surface area contributed by atoms with Gasteiger partial charge in [-0.05, 0) is 30.5 Å². The molecule has 0 saturated carbocycles. The van der Waals surface area contributed by atoms with Gasteiger partial charge in [-0.1, -0.05) is 0 Å². The molecule has 1 aromatic carbocycles. The van der Waals surface area contributed by atoms with E-state index in [1.807, 2.05) is 6.07 Å². The van der Waals surface area contributed by atoms with E-state index in [0.717, 1.165) is 29.7 Å². The van der Waals surface area contributed by atoms with Gasteiger partial charge in [0.1, 0.15) is 5.75 Å². The standard InChI is InChI=1S/C12H14N2O/c1-15-10-5-4-9-11-7(6-14-9)2-3-8(13)12(10)11/h4-6,8,14H,2-3,13H2,1H3. The molecule has 3 rings (SSSR count). The smallest absolute Gasteiger partial charge is 0.124 e. The van der Waals surface area contributed by atoms with Crippen molar-refractivity contribution in [2.24, 2.45) is 5.73 Å². The molecule has 0 fully saturated rings. The first-order valence-electron chi connectivity index (χ1n) is 5.23. The van der Waals surface area contributed by atoms with E-state index in [-0.39, 0.29) is 6.04 Å². The number of H-pyrrole nitrogens is 1. The molecule has 1 aliphatic carbocycles. The lowest BCUT2D eigenvalue weighted by Crippen LogP contribution is -2.16. The van der Waals surface area contributed by atoms with Crippen LogP contribution in [-0.4, -0.2) is 12.1 Å². The van der Waals surface area contributed by atoms with Crippen LogP contribution >= 0.6 is 0 Å². The van der Waals surface area contributed by atoms with E-state index in [1.165, 1.54) is 10.9 Å². The summed E-state index contributed by atoms with van der Waals surface area (Å²) in [6, 6.07) is 4.15. The fourth-order valence-electron chi connectivity index (χ4n) is 2.50. The van der Waals surface area contributed by atoms with Crippen LogP contribution in [0.15, 0.2) is 18.3 Å². The van der Waals surface area contributed by atoms with Gasteiger partial charge >= 0.3 is 0 Å². The van der Waals surface area contributed by atoms with Crippen LogP contribution in [0.25, 0.3) is 10.9 Å². The molecule has 15 heavy (non-hydrogen) atoms. The molecule has 0 radical (unpaired) electrons. The molecule has 0 bridgehead atoms. The van der Waals surface area contributed by atoms with E-state index < -0.39 is 0 Å². The second-order valence-electron chi connectivity index (χ2n) is 4.06. The third-order valence-electron chi connectivity index (χ3n) is 3.24. The van der Waals surface area contributed by atoms with Crippen molar-refractivity contribution >= 4 is 10.9 Å². The third kappa shape index (κ3) is 1.10. The van der Waals surface area contributed by atoms with E-state index in [1.54, 1.807) is 7.11 Å². The number of ether oxygens (including phenoxy) is 1. The number of rotatable bonds is 1. The highest BCUT2D eigenvalue weighted by molar-refractivity contribution is 5.90. The van der Waals surface area contributed by atoms with Crippen molar-refractivity contribution in [3.63, 3.8) is 0 Å². The van der Waals surface area contributed by atoms with E-state index in [2.05, 4.69) is 17.2 Å². The minimum absolute atomic E-state index is 0.104. The van der Waals surface area contributed by atoms with Crippen LogP contribution in [0.1, 0.15) is 23.6 Å². The molecule has 1 unspecified atom stereocenters. The van der Waals surface area contributed by atoms with Crippen molar-refractivity contribution in [2.45, 2.75) is 18.9 Å². The van der Waals surface area contributed by atoms with Gasteiger partial charge in [0, 0.05) is 28.7 Å². The van der Waals surface area contributed by atoms with E-state index in [4.69, 9.17) is 10.5 Å². The summed E-state index contributed by atoms with van der Waals surface area (Å²) in [7, 11) is 1.70. The lowest BCUT2D eigenvalue weighted by Gasteiger charge is -2.21. The molecule has 2 aromatic rings. The van der Waals surface area contributed by atoms with Gasteiger partial charge in [0.15, 0.2) is 0 Å². The van der Waals surface area contributed by atoms with Crippen LogP contribution in [0.5, 0.6) is 5.75 Å². The zero-order valence-corrected chi connectivity index (χ0v) is 8.71. The number of hydrogen-bond acceptors (Lipinski definition) is 2. The molecule has 1 heterocycles. The average Bonchev–Trinajstić information content (AvgIpc) is 2.68. The molecule has 78 valence electrons. The van der Waals surface area contributed by atoms with Crippen molar-refractivity contribution in [3.8, 4) is 5.75 Å². The molecule has 3 nitrogen and oxygen atoms in total. The van der Waals surface area contributed by atoms with Gasteiger partial charge in [0.25, 0.3) is 0 Å². The highest BCUT2D eigenvalue weighted by Gasteiger charge is 2.23. The first-order chi connectivity index (χ1) is 7.31. The minimum Gasteiger partial charge on any atom is -0.496 e. The van der Waals surface area contributed by atoms with Crippen molar-refractivity contribution in [3.05, 3.63) is 29.5 Å². The van der Waals surface area contributed by atoms with Crippen LogP contribution in [0.2, 0.25) is 0 Å². The monoisotopic (exact) mass is 202 g/mol. The van der Waals surface area contributed by atoms with Gasteiger partial charge in [0.2, 0.25) is 0 Å². The first kappa shape index (κ1) is 8.80. The molecule has 0 spiro atoms. The van der Waals surface area contributed by atoms with Crippen LogP contribution in [0.4, 0.5) is 0 Å². The second kappa shape index (κ2) is 3.00. The maximum Gasteiger partial charge on any atom is 0.124 e. The Morgan fingerprint density at radius 3 is 3.13 bits per heavy atom. The summed E-state index contributed by atoms with van der Waals surface area (Å²) < 4.78 is 5.38. The number of benzene rings is 1. The molecule has 3 heteroatoms. The summed E-state index contributed by atoms with van der Waals surface area (Å²) in [6.45, 7) is 0. The quantitative estimate of drug-likeness (QED) is 0.744. The largest absolute Gasteiger partial charge is 0.496 e. The molecule has 0 amide bonds. The van der Waals surface area contributed by atoms with Crippen molar-refractivity contribution in [1.82, 2.24) is 4.98 Å². The summed E-state index contributed by atoms with van der Waals surface area (Å²) >= 11 is 0. The average molecular weight is 202 g/mol. The number of hydrogen-bond donors (Lipinski definition) is 2. The SMILES string of the molecule is COc1ccc2[nH]cc3c2c1C(N)CC3. The van der Waals surface area contributed by atoms with Gasteiger partial charge < -0.3 is 15.5 Å². The Morgan fingerprint density at radius 2 is 2.33 bits per heavy atom. The summed E-state index contributed by atoms with van der Waals surface area (Å²) in [4.78, 5) is 3.28. The Hall–Kier alpha value is -1.48. The van der Waals surface area contributed by atoms with Gasteiger partial charge in [-0.15, -0.1) is 0 Å². The topological polar surface area (TPSA) is 51.0 Å². The fraction of sp³-hybridized carbons (Fsp3) is 0.333. The van der Waals surface area contributed by atoms with Crippen molar-refractivity contribution in [2.75, 3.05) is 7.11 Å². The van der Waals surface area contributed by atoms with E-state index >= 15 is 0 Å². The third-order valence-corrected chi connectivity index (χ3v) is 3.24. The molecule has 3 N–H and O–H groups in total. The zero-order valence-electron chi connectivity index (χ0n) is 8.71. The lowest BCUT2D eigenvalue weighted by molar-refractivity contribution is 0.404. The number of aromatic nitrogens is 1. The predicted molar refractivity (Wildman–Crippen MR) is 60.1 cm³/mol. The van der Waals surface area contributed by atoms with Crippen LogP contribution < -0.4 is 10.5 Å². The zero-order chi connectivity index (χ0) is 10.4. The molecule has 1 aliphatic rings. The number of methoxy groups -OCH3 is 1. The van der Waals surface area contributed by atoms with Gasteiger partial charge in [-0.3, -0.25) is 0 Å². The lowest BCUT2D eigenvalue weighted by atomic mass is 9.89. The van der Waals surface area contributed by atoms with Gasteiger partial charge in [-0.25, -0.2) is 0 Å². The molecule has 1 atom stereocenters. The molecule has 0 aliphatic heterocycles. The van der Waals surface area contributed by atoms with Crippen LogP contribution in [0, 0.1) is 0 Å². The highest BCUT2D eigenvalue weighted by Crippen LogP contribution is 2.39. The fourth-order valence-corrected chi connectivity index (χ4v) is 2.50. The minimum atomic E-state index is 0.104. The summed E-state index contributed by atoms with van der Waals surface area (Å²) in [6.07, 6.45) is 4.14. The maximum atomic E-state index is 6.15. The number of aryl methyl sites for hydroxylation is 1. The van der Waals surface area contributed by atoms with Crippen LogP contribution in [0.3, 0.4) is 0 Å². The van der Waals surface area contributed by atoms with Crippen LogP contribution in [-0.2, 0) is 6.42 Å². The number of aromatic amines is 1. The predicted octanol–water partition coefficient (Wildman–Crippen LogP) is 2.12. The Morgan fingerprint density at radius 1 is 1.47 bits per heavy atom. The molecule has 1 aromatic heterocycles. The normalized spacial score (nSPS) is 19.5. The maximum absolute atomic E-state index is 6.15. The Labute approximate surface area is 88.2 Å². The summed E-state index contributed by atoms with van der Waals surface area (Å²) in [5.74, 6) is 0.913. The summed E-state index contributed by atoms with van der Waals surface area (Å²) in [5.41, 5.74) is 9.84. The van der Waals surface area contributed by atoms with Gasteiger partial charge in [-0.2, -0.15) is 0 Å². The Balaban J connectivity index is 2.41. The van der Waals surface area contributed by atoms with E-state index in [9.17, 15) is 0 Å². The number of nitrogens with two attached hydrogens (primary N) is 1. The van der Waals surface area contributed by atoms with Gasteiger partial charge in [0.05, 0.1) is 7.11 Å².